The number of aromatic carboxylic acids is 1. The van der Waals surface area contributed by atoms with Crippen molar-refractivity contribution >= 4 is 35.1 Å². The van der Waals surface area contributed by atoms with Crippen LogP contribution in [0.4, 0.5) is 5.82 Å². The van der Waals surface area contributed by atoms with Crippen LogP contribution in [0.3, 0.4) is 0 Å². The molecule has 0 aliphatic rings. The lowest BCUT2D eigenvalue weighted by molar-refractivity contribution is 0.0691. The summed E-state index contributed by atoms with van der Waals surface area (Å²) in [7, 11) is 0. The zero-order valence-electron chi connectivity index (χ0n) is 6.61. The molecule has 7 heteroatoms. The third-order valence-corrected chi connectivity index (χ3v) is 2.29. The maximum atomic E-state index is 10.5. The molecule has 70 valence electrons. The molecule has 0 spiro atoms. The first kappa shape index (κ1) is 10.1. The molecule has 0 saturated heterocycles. The van der Waals surface area contributed by atoms with Gasteiger partial charge in [-0.2, -0.15) is 0 Å². The van der Waals surface area contributed by atoms with Crippen molar-refractivity contribution in [3.63, 3.8) is 0 Å². The lowest BCUT2D eigenvalue weighted by Crippen LogP contribution is -2.08. The van der Waals surface area contributed by atoms with Gasteiger partial charge in [-0.1, -0.05) is 11.6 Å². The molecule has 0 saturated carbocycles. The van der Waals surface area contributed by atoms with Crippen LogP contribution in [-0.4, -0.2) is 27.3 Å². The van der Waals surface area contributed by atoms with Crippen LogP contribution in [0.25, 0.3) is 0 Å². The standard InChI is InChI=1S/C6H6ClN3O2S/c1-13-5-3(7)9-2(6(11)12)4(8)10-5/h1H3,(H2,8,10)(H,11,12). The topological polar surface area (TPSA) is 89.1 Å². The van der Waals surface area contributed by atoms with Crippen LogP contribution in [0.1, 0.15) is 10.5 Å². The summed E-state index contributed by atoms with van der Waals surface area (Å²) in [6, 6.07) is 0. The number of anilines is 1. The average molecular weight is 220 g/mol. The van der Waals surface area contributed by atoms with E-state index in [0.29, 0.717) is 5.03 Å². The number of thioether (sulfide) groups is 1. The van der Waals surface area contributed by atoms with E-state index in [1.165, 1.54) is 11.8 Å². The molecule has 1 heterocycles. The maximum absolute atomic E-state index is 10.5. The molecule has 5 nitrogen and oxygen atoms in total. The smallest absolute Gasteiger partial charge is 0.358 e. The molecule has 0 aliphatic heterocycles. The van der Waals surface area contributed by atoms with Crippen LogP contribution in [0, 0.1) is 0 Å². The summed E-state index contributed by atoms with van der Waals surface area (Å²) in [4.78, 5) is 17.9. The van der Waals surface area contributed by atoms with Crippen LogP contribution >= 0.6 is 23.4 Å². The Labute approximate surface area is 83.3 Å². The highest BCUT2D eigenvalue weighted by atomic mass is 35.5. The molecule has 0 fully saturated rings. The SMILES string of the molecule is CSc1nc(N)c(C(=O)O)nc1Cl. The molecule has 0 radical (unpaired) electrons. The summed E-state index contributed by atoms with van der Waals surface area (Å²) in [6.45, 7) is 0. The van der Waals surface area contributed by atoms with Gasteiger partial charge in [0.25, 0.3) is 0 Å². The molecule has 1 aromatic heterocycles. The Morgan fingerprint density at radius 3 is 2.69 bits per heavy atom. The number of hydrogen-bond donors (Lipinski definition) is 2. The number of rotatable bonds is 2. The van der Waals surface area contributed by atoms with Gasteiger partial charge in [-0.15, -0.1) is 11.8 Å². The number of carbonyl (C=O) groups is 1. The first-order valence-corrected chi connectivity index (χ1v) is 4.76. The Bertz CT molecular complexity index is 358. The third kappa shape index (κ3) is 2.02. The van der Waals surface area contributed by atoms with Crippen molar-refractivity contribution in [2.24, 2.45) is 0 Å². The second kappa shape index (κ2) is 3.80. The minimum atomic E-state index is -1.24. The van der Waals surface area contributed by atoms with Crippen LogP contribution in [0.15, 0.2) is 5.03 Å². The molecular weight excluding hydrogens is 214 g/mol. The van der Waals surface area contributed by atoms with Gasteiger partial charge in [-0.3, -0.25) is 0 Å². The maximum Gasteiger partial charge on any atom is 0.358 e. The van der Waals surface area contributed by atoms with E-state index in [1.807, 2.05) is 0 Å². The van der Waals surface area contributed by atoms with Crippen LogP contribution in [-0.2, 0) is 0 Å². The van der Waals surface area contributed by atoms with Crippen LogP contribution < -0.4 is 5.73 Å². The highest BCUT2D eigenvalue weighted by molar-refractivity contribution is 7.98. The van der Waals surface area contributed by atoms with Gasteiger partial charge in [0.15, 0.2) is 16.7 Å². The molecule has 0 aliphatic carbocycles. The predicted octanol–water partition coefficient (Wildman–Crippen LogP) is 1.13. The van der Waals surface area contributed by atoms with Gasteiger partial charge in [-0.25, -0.2) is 14.8 Å². The molecule has 0 unspecified atom stereocenters. The number of carboxylic acid groups (broad SMARTS) is 1. The van der Waals surface area contributed by atoms with E-state index in [2.05, 4.69) is 9.97 Å². The van der Waals surface area contributed by atoms with Crippen molar-refractivity contribution in [3.05, 3.63) is 10.8 Å². The summed E-state index contributed by atoms with van der Waals surface area (Å²) >= 11 is 6.88. The first-order valence-electron chi connectivity index (χ1n) is 3.16. The number of aromatic nitrogens is 2. The van der Waals surface area contributed by atoms with Crippen molar-refractivity contribution in [1.29, 1.82) is 0 Å². The Hall–Kier alpha value is -1.01. The molecule has 1 aromatic rings. The van der Waals surface area contributed by atoms with Crippen molar-refractivity contribution in [2.45, 2.75) is 5.03 Å². The lowest BCUT2D eigenvalue weighted by Gasteiger charge is -2.02. The molecule has 0 bridgehead atoms. The number of halogens is 1. The number of nitrogen functional groups attached to an aromatic ring is 1. The number of hydrogen-bond acceptors (Lipinski definition) is 5. The van der Waals surface area contributed by atoms with Crippen LogP contribution in [0.2, 0.25) is 5.15 Å². The van der Waals surface area contributed by atoms with E-state index in [-0.39, 0.29) is 16.7 Å². The predicted molar refractivity (Wildman–Crippen MR) is 50.2 cm³/mol. The van der Waals surface area contributed by atoms with E-state index >= 15 is 0 Å². The van der Waals surface area contributed by atoms with Gasteiger partial charge >= 0.3 is 5.97 Å². The fraction of sp³-hybridized carbons (Fsp3) is 0.167. The van der Waals surface area contributed by atoms with E-state index in [4.69, 9.17) is 22.4 Å². The van der Waals surface area contributed by atoms with E-state index in [1.54, 1.807) is 6.26 Å². The Balaban J connectivity index is 3.28. The van der Waals surface area contributed by atoms with Gasteiger partial charge in [0.05, 0.1) is 0 Å². The minimum absolute atomic E-state index is 0.0547. The monoisotopic (exact) mass is 219 g/mol. The van der Waals surface area contributed by atoms with E-state index in [9.17, 15) is 4.79 Å². The zero-order valence-corrected chi connectivity index (χ0v) is 8.19. The second-order valence-corrected chi connectivity index (χ2v) is 3.22. The van der Waals surface area contributed by atoms with Crippen LogP contribution in [0.5, 0.6) is 0 Å². The molecule has 0 atom stereocenters. The molecular formula is C6H6ClN3O2S. The highest BCUT2D eigenvalue weighted by Crippen LogP contribution is 2.23. The Morgan fingerprint density at radius 1 is 1.62 bits per heavy atom. The lowest BCUT2D eigenvalue weighted by atomic mass is 10.4. The summed E-state index contributed by atoms with van der Waals surface area (Å²) < 4.78 is 0. The normalized spacial score (nSPS) is 10.0. The van der Waals surface area contributed by atoms with Gasteiger partial charge in [0, 0.05) is 0 Å². The van der Waals surface area contributed by atoms with E-state index < -0.39 is 5.97 Å². The summed E-state index contributed by atoms with van der Waals surface area (Å²) in [6.07, 6.45) is 1.75. The summed E-state index contributed by atoms with van der Waals surface area (Å²) in [5.74, 6) is -1.36. The van der Waals surface area contributed by atoms with Crippen molar-refractivity contribution in [3.8, 4) is 0 Å². The largest absolute Gasteiger partial charge is 0.476 e. The third-order valence-electron chi connectivity index (χ3n) is 1.25. The van der Waals surface area contributed by atoms with Gasteiger partial charge < -0.3 is 10.8 Å². The highest BCUT2D eigenvalue weighted by Gasteiger charge is 2.14. The molecule has 13 heavy (non-hydrogen) atoms. The van der Waals surface area contributed by atoms with Crippen molar-refractivity contribution in [2.75, 3.05) is 12.0 Å². The zero-order chi connectivity index (χ0) is 10.0. The minimum Gasteiger partial charge on any atom is -0.476 e. The summed E-state index contributed by atoms with van der Waals surface area (Å²) in [5.41, 5.74) is 5.02. The fourth-order valence-corrected chi connectivity index (χ4v) is 1.46. The first-order chi connectivity index (χ1) is 6.06. The number of nitrogens with zero attached hydrogens (tertiary/aromatic N) is 2. The molecule has 0 amide bonds. The number of carboxylic acids is 1. The van der Waals surface area contributed by atoms with Gasteiger partial charge in [0.1, 0.15) is 5.03 Å². The second-order valence-electron chi connectivity index (χ2n) is 2.06. The average Bonchev–Trinajstić information content (AvgIpc) is 2.07. The molecule has 3 N–H and O–H groups in total. The Morgan fingerprint density at radius 2 is 2.23 bits per heavy atom. The van der Waals surface area contributed by atoms with Gasteiger partial charge in [-0.05, 0) is 6.26 Å². The quantitative estimate of drug-likeness (QED) is 0.725. The van der Waals surface area contributed by atoms with E-state index in [0.717, 1.165) is 0 Å². The number of nitrogens with two attached hydrogens (primary N) is 1. The fourth-order valence-electron chi connectivity index (χ4n) is 0.699. The molecule has 0 aromatic carbocycles. The van der Waals surface area contributed by atoms with Crippen molar-refractivity contribution in [1.82, 2.24) is 9.97 Å². The Kier molecular flexibility index (Phi) is 2.94. The van der Waals surface area contributed by atoms with Crippen molar-refractivity contribution < 1.29 is 9.90 Å². The van der Waals surface area contributed by atoms with Gasteiger partial charge in [0.2, 0.25) is 0 Å². The summed E-state index contributed by atoms with van der Waals surface area (Å²) in [5, 5.41) is 9.08. The molecule has 1 rings (SSSR count).